The fourth-order valence-electron chi connectivity index (χ4n) is 2.89. The first-order valence-corrected chi connectivity index (χ1v) is 10.7. The van der Waals surface area contributed by atoms with Crippen LogP contribution < -0.4 is 0 Å². The fraction of sp³-hybridized carbons (Fsp3) is 0.400. The van der Waals surface area contributed by atoms with Gasteiger partial charge < -0.3 is 4.55 Å². The van der Waals surface area contributed by atoms with Crippen LogP contribution >= 0.6 is 0 Å². The molecule has 1 unspecified atom stereocenters. The van der Waals surface area contributed by atoms with Gasteiger partial charge >= 0.3 is 47.0 Å². The second kappa shape index (κ2) is 9.59. The third-order valence-electron chi connectivity index (χ3n) is 5.10. The maximum absolute atomic E-state index is 14.5. The average Bonchev–Trinajstić information content (AvgIpc) is 2.82. The van der Waals surface area contributed by atoms with E-state index in [1.807, 2.05) is 0 Å². The first kappa shape index (κ1) is 32.8. The normalized spacial score (nSPS) is 15.8. The summed E-state index contributed by atoms with van der Waals surface area (Å²) in [6, 6.07) is 8.69. The Morgan fingerprint density at radius 3 is 1.23 bits per heavy atom. The maximum Gasteiger partial charge on any atom is 0.483 e. The lowest BCUT2D eigenvalue weighted by Crippen LogP contribution is -2.75. The summed E-state index contributed by atoms with van der Waals surface area (Å²) in [4.78, 5) is -1.49. The van der Waals surface area contributed by atoms with Crippen LogP contribution in [0.1, 0.15) is 0 Å². The van der Waals surface area contributed by atoms with Crippen molar-refractivity contribution in [1.82, 2.24) is 0 Å². The van der Waals surface area contributed by atoms with Crippen LogP contribution in [0.5, 0.6) is 0 Å². The zero-order valence-electron chi connectivity index (χ0n) is 17.9. The molecule has 0 amide bonds. The molecular weight excluding hydrogens is 611 g/mol. The van der Waals surface area contributed by atoms with Gasteiger partial charge in [-0.15, -0.1) is 8.78 Å². The minimum absolute atomic E-state index is 0.210. The molecule has 0 N–H and O–H groups in total. The van der Waals surface area contributed by atoms with Crippen molar-refractivity contribution in [1.29, 1.82) is 0 Å². The second-order valence-electron chi connectivity index (χ2n) is 7.59. The minimum atomic E-state index is -8.74. The number of benzene rings is 2. The number of alkyl halides is 17. The molecule has 1 atom stereocenters. The Hall–Kier alpha value is -2.44. The minimum Gasteiger partial charge on any atom is -0.606 e. The van der Waals surface area contributed by atoms with Gasteiger partial charge in [-0.25, -0.2) is 0 Å². The molecule has 19 heteroatoms. The van der Waals surface area contributed by atoms with Crippen LogP contribution in [0.15, 0.2) is 59.5 Å². The Morgan fingerprint density at radius 1 is 0.436 bits per heavy atom. The van der Waals surface area contributed by atoms with Gasteiger partial charge in [0, 0.05) is 5.56 Å². The summed E-state index contributed by atoms with van der Waals surface area (Å²) in [5.74, 6) is -50.9. The fourth-order valence-corrected chi connectivity index (χ4v) is 4.11. The van der Waals surface area contributed by atoms with Crippen LogP contribution in [0, 0.1) is 0 Å². The van der Waals surface area contributed by atoms with E-state index in [1.165, 1.54) is 18.2 Å². The van der Waals surface area contributed by atoms with E-state index in [4.69, 9.17) is 0 Å². The molecule has 0 spiro atoms. The highest BCUT2D eigenvalue weighted by Crippen LogP contribution is 2.64. The van der Waals surface area contributed by atoms with Crippen LogP contribution in [0.2, 0.25) is 0 Å². The second-order valence-corrected chi connectivity index (χ2v) is 9.08. The first-order valence-electron chi connectivity index (χ1n) is 9.53. The molecule has 0 fully saturated rings. The molecule has 0 saturated carbocycles. The Kier molecular flexibility index (Phi) is 8.06. The summed E-state index contributed by atoms with van der Waals surface area (Å²) in [7, 11) is 0. The molecule has 220 valence electrons. The molecular formula is C20H9F17OS. The van der Waals surface area contributed by atoms with Crippen LogP contribution in [0.3, 0.4) is 0 Å². The monoisotopic (exact) mass is 620 g/mol. The van der Waals surface area contributed by atoms with Gasteiger partial charge in [-0.2, -0.15) is 65.9 Å². The summed E-state index contributed by atoms with van der Waals surface area (Å²) in [6.07, 6.45) is -7.83. The molecule has 0 aliphatic carbocycles. The lowest BCUT2D eigenvalue weighted by atomic mass is 9.91. The van der Waals surface area contributed by atoms with E-state index in [0.29, 0.717) is 12.1 Å². The summed E-state index contributed by atoms with van der Waals surface area (Å²) >= 11 is -4.89. The van der Waals surface area contributed by atoms with E-state index < -0.39 is 68.6 Å². The van der Waals surface area contributed by atoms with Crippen molar-refractivity contribution in [3.05, 3.63) is 54.6 Å². The third kappa shape index (κ3) is 4.58. The van der Waals surface area contributed by atoms with Gasteiger partial charge in [0.25, 0.3) is 0 Å². The van der Waals surface area contributed by atoms with Crippen molar-refractivity contribution in [3.63, 3.8) is 0 Å². The molecule has 0 saturated heterocycles. The highest BCUT2D eigenvalue weighted by atomic mass is 32.2. The van der Waals surface area contributed by atoms with Crippen LogP contribution in [-0.2, 0) is 11.2 Å². The van der Waals surface area contributed by atoms with Crippen molar-refractivity contribution >= 4 is 11.2 Å². The molecule has 39 heavy (non-hydrogen) atoms. The zero-order valence-corrected chi connectivity index (χ0v) is 18.8. The average molecular weight is 620 g/mol. The molecule has 2 aromatic carbocycles. The van der Waals surface area contributed by atoms with Gasteiger partial charge in [-0.05, 0) is 17.7 Å². The number of halogens is 17. The molecule has 0 heterocycles. The highest BCUT2D eigenvalue weighted by molar-refractivity contribution is 7.92. The van der Waals surface area contributed by atoms with Gasteiger partial charge in [0.15, 0.2) is 4.90 Å². The maximum atomic E-state index is 14.5. The summed E-state index contributed by atoms with van der Waals surface area (Å²) in [5, 5.41) is -7.05. The summed E-state index contributed by atoms with van der Waals surface area (Å²) in [5.41, 5.74) is -0.887. The molecule has 2 aromatic rings. The van der Waals surface area contributed by atoms with E-state index in [9.17, 15) is 79.2 Å². The third-order valence-corrected chi connectivity index (χ3v) is 6.58. The van der Waals surface area contributed by atoms with Crippen molar-refractivity contribution in [3.8, 4) is 11.1 Å². The van der Waals surface area contributed by atoms with Crippen LogP contribution in [0.4, 0.5) is 74.6 Å². The number of hydrogen-bond donors (Lipinski definition) is 0. The first-order chi connectivity index (χ1) is 17.2. The van der Waals surface area contributed by atoms with Gasteiger partial charge in [-0.3, -0.25) is 0 Å². The highest BCUT2D eigenvalue weighted by Gasteiger charge is 2.96. The number of hydrogen-bond acceptors (Lipinski definition) is 1. The standard InChI is InChI=1S/C20H9F17OS/c21-13(22,15(25,26)17(29,30)19(33,34)35)14(23,24)16(27,28)18(31,32)20(36,37)39(38)12-9-5-4-8-11(12)10-6-2-1-3-7-10/h1-9H. The smallest absolute Gasteiger partial charge is 0.483 e. The Balaban J connectivity index is 2.67. The zero-order chi connectivity index (χ0) is 30.7. The summed E-state index contributed by atoms with van der Waals surface area (Å²) < 4.78 is 242. The van der Waals surface area contributed by atoms with Crippen molar-refractivity contribution in [2.45, 2.75) is 51.9 Å². The molecule has 0 aliphatic rings. The largest absolute Gasteiger partial charge is 0.606 e. The lowest BCUT2D eigenvalue weighted by Gasteiger charge is -2.42. The molecule has 2 rings (SSSR count). The topological polar surface area (TPSA) is 23.1 Å². The SMILES string of the molecule is [O-][S+](c1ccccc1-c1ccccc1)C(F)(F)C(F)(F)C(F)(F)C(F)(F)C(F)(F)C(F)(F)C(F)(F)C(F)(F)F. The number of rotatable bonds is 9. The van der Waals surface area contributed by atoms with Gasteiger partial charge in [0.2, 0.25) is 0 Å². The van der Waals surface area contributed by atoms with E-state index in [1.54, 1.807) is 0 Å². The molecule has 0 aromatic heterocycles. The van der Waals surface area contributed by atoms with E-state index in [2.05, 4.69) is 0 Å². The van der Waals surface area contributed by atoms with Crippen LogP contribution in [-0.4, -0.2) is 51.5 Å². The van der Waals surface area contributed by atoms with Crippen molar-refractivity contribution < 1.29 is 79.2 Å². The van der Waals surface area contributed by atoms with E-state index in [-0.39, 0.29) is 5.56 Å². The molecule has 0 bridgehead atoms. The van der Waals surface area contributed by atoms with Crippen LogP contribution in [0.25, 0.3) is 11.1 Å². The van der Waals surface area contributed by atoms with Crippen molar-refractivity contribution in [2.24, 2.45) is 0 Å². The predicted molar refractivity (Wildman–Crippen MR) is 99.0 cm³/mol. The molecule has 0 aliphatic heterocycles. The van der Waals surface area contributed by atoms with Gasteiger partial charge in [-0.1, -0.05) is 42.5 Å². The van der Waals surface area contributed by atoms with E-state index >= 15 is 0 Å². The Morgan fingerprint density at radius 2 is 0.795 bits per heavy atom. The lowest BCUT2D eigenvalue weighted by molar-refractivity contribution is -0.458. The summed E-state index contributed by atoms with van der Waals surface area (Å²) in [6.45, 7) is 0. The van der Waals surface area contributed by atoms with Gasteiger partial charge in [0.05, 0.1) is 11.2 Å². The Labute approximate surface area is 208 Å². The van der Waals surface area contributed by atoms with E-state index in [0.717, 1.165) is 24.3 Å². The quantitative estimate of drug-likeness (QED) is 0.204. The molecule has 1 nitrogen and oxygen atoms in total. The molecule has 0 radical (unpaired) electrons. The predicted octanol–water partition coefficient (Wildman–Crippen LogP) is 8.43. The van der Waals surface area contributed by atoms with Crippen molar-refractivity contribution in [2.75, 3.05) is 0 Å². The van der Waals surface area contributed by atoms with Gasteiger partial charge in [0.1, 0.15) is 0 Å². The Bertz CT molecular complexity index is 1160.